The molecule has 0 aliphatic carbocycles. The van der Waals surface area contributed by atoms with Crippen molar-refractivity contribution in [2.75, 3.05) is 20.1 Å². The Balaban J connectivity index is 2.76. The van der Waals surface area contributed by atoms with Crippen LogP contribution in [0.1, 0.15) is 19.8 Å². The molecule has 86 valence electrons. The Kier molecular flexibility index (Phi) is 4.08. The molecular weight excluding hydrogens is 214 g/mol. The minimum Gasteiger partial charge on any atom is -0.316 e. The van der Waals surface area contributed by atoms with Crippen LogP contribution in [0.25, 0.3) is 0 Å². The van der Waals surface area contributed by atoms with Crippen molar-refractivity contribution >= 4 is 10.0 Å². The SMILES string of the molecule is CNC1CCCN(S(=O)(=O)C(C)C#N)C1. The van der Waals surface area contributed by atoms with Crippen LogP contribution in [0.4, 0.5) is 0 Å². The molecular formula is C9H17N3O2S. The van der Waals surface area contributed by atoms with Gasteiger partial charge in [-0.3, -0.25) is 0 Å². The number of hydrogen-bond acceptors (Lipinski definition) is 4. The lowest BCUT2D eigenvalue weighted by Gasteiger charge is -2.32. The van der Waals surface area contributed by atoms with Gasteiger partial charge in [-0.2, -0.15) is 9.57 Å². The highest BCUT2D eigenvalue weighted by atomic mass is 32.2. The van der Waals surface area contributed by atoms with Crippen molar-refractivity contribution in [3.8, 4) is 6.07 Å². The summed E-state index contributed by atoms with van der Waals surface area (Å²) >= 11 is 0. The van der Waals surface area contributed by atoms with E-state index in [1.54, 1.807) is 6.07 Å². The van der Waals surface area contributed by atoms with Gasteiger partial charge in [0.1, 0.15) is 0 Å². The number of piperidine rings is 1. The van der Waals surface area contributed by atoms with Gasteiger partial charge in [-0.1, -0.05) is 0 Å². The van der Waals surface area contributed by atoms with Crippen LogP contribution in [0.3, 0.4) is 0 Å². The number of rotatable bonds is 3. The summed E-state index contributed by atoms with van der Waals surface area (Å²) in [6.07, 6.45) is 1.84. The summed E-state index contributed by atoms with van der Waals surface area (Å²) in [6.45, 7) is 2.44. The fraction of sp³-hybridized carbons (Fsp3) is 0.889. The average Bonchev–Trinajstić information content (AvgIpc) is 2.27. The Morgan fingerprint density at radius 1 is 1.60 bits per heavy atom. The molecule has 6 heteroatoms. The summed E-state index contributed by atoms with van der Waals surface area (Å²) in [5, 5.41) is 10.8. The first kappa shape index (κ1) is 12.4. The lowest BCUT2D eigenvalue weighted by atomic mass is 10.1. The van der Waals surface area contributed by atoms with Crippen molar-refractivity contribution in [1.29, 1.82) is 5.26 Å². The van der Waals surface area contributed by atoms with Crippen molar-refractivity contribution in [2.45, 2.75) is 31.1 Å². The van der Waals surface area contributed by atoms with Gasteiger partial charge in [0.25, 0.3) is 0 Å². The van der Waals surface area contributed by atoms with Gasteiger partial charge < -0.3 is 5.32 Å². The molecule has 0 spiro atoms. The highest BCUT2D eigenvalue weighted by Crippen LogP contribution is 2.16. The highest BCUT2D eigenvalue weighted by Gasteiger charge is 2.32. The Morgan fingerprint density at radius 3 is 2.80 bits per heavy atom. The van der Waals surface area contributed by atoms with Crippen LogP contribution in [0.2, 0.25) is 0 Å². The third-order valence-corrected chi connectivity index (χ3v) is 4.83. The van der Waals surface area contributed by atoms with Crippen LogP contribution in [-0.4, -0.2) is 44.2 Å². The number of hydrogen-bond donors (Lipinski definition) is 1. The molecule has 1 N–H and O–H groups in total. The molecule has 0 aromatic heterocycles. The first-order chi connectivity index (χ1) is 7.02. The number of nitrogens with one attached hydrogen (secondary N) is 1. The number of likely N-dealkylation sites (N-methyl/N-ethyl adjacent to an activating group) is 1. The van der Waals surface area contributed by atoms with Crippen LogP contribution in [0, 0.1) is 11.3 Å². The first-order valence-corrected chi connectivity index (χ1v) is 6.58. The topological polar surface area (TPSA) is 73.2 Å². The van der Waals surface area contributed by atoms with Gasteiger partial charge in [0.05, 0.1) is 6.07 Å². The molecule has 0 radical (unpaired) electrons. The summed E-state index contributed by atoms with van der Waals surface area (Å²) in [7, 11) is -1.60. The monoisotopic (exact) mass is 231 g/mol. The van der Waals surface area contributed by atoms with E-state index in [2.05, 4.69) is 5.32 Å². The summed E-state index contributed by atoms with van der Waals surface area (Å²) < 4.78 is 25.1. The smallest absolute Gasteiger partial charge is 0.230 e. The van der Waals surface area contributed by atoms with Crippen molar-refractivity contribution in [3.63, 3.8) is 0 Å². The van der Waals surface area contributed by atoms with E-state index in [-0.39, 0.29) is 6.04 Å². The van der Waals surface area contributed by atoms with E-state index in [0.29, 0.717) is 13.1 Å². The van der Waals surface area contributed by atoms with E-state index in [9.17, 15) is 8.42 Å². The highest BCUT2D eigenvalue weighted by molar-refractivity contribution is 7.89. The van der Waals surface area contributed by atoms with E-state index in [0.717, 1.165) is 12.8 Å². The number of sulfonamides is 1. The van der Waals surface area contributed by atoms with Crippen LogP contribution in [-0.2, 0) is 10.0 Å². The molecule has 1 rings (SSSR count). The van der Waals surface area contributed by atoms with Crippen molar-refractivity contribution < 1.29 is 8.42 Å². The Labute approximate surface area is 91.1 Å². The zero-order valence-corrected chi connectivity index (χ0v) is 9.92. The molecule has 0 aromatic carbocycles. The van der Waals surface area contributed by atoms with Gasteiger partial charge in [-0.05, 0) is 26.8 Å². The lowest BCUT2D eigenvalue weighted by molar-refractivity contribution is 0.292. The van der Waals surface area contributed by atoms with Crippen LogP contribution < -0.4 is 5.32 Å². The summed E-state index contributed by atoms with van der Waals surface area (Å²) in [5.74, 6) is 0. The second kappa shape index (κ2) is 4.92. The van der Waals surface area contributed by atoms with E-state index in [1.807, 2.05) is 7.05 Å². The molecule has 0 saturated carbocycles. The largest absolute Gasteiger partial charge is 0.316 e. The van der Waals surface area contributed by atoms with Crippen LogP contribution in [0.5, 0.6) is 0 Å². The van der Waals surface area contributed by atoms with Gasteiger partial charge in [0.2, 0.25) is 10.0 Å². The minimum absolute atomic E-state index is 0.208. The molecule has 1 heterocycles. The van der Waals surface area contributed by atoms with Crippen molar-refractivity contribution in [1.82, 2.24) is 9.62 Å². The second-order valence-electron chi connectivity index (χ2n) is 3.80. The van der Waals surface area contributed by atoms with E-state index < -0.39 is 15.3 Å². The zero-order valence-electron chi connectivity index (χ0n) is 9.10. The van der Waals surface area contributed by atoms with E-state index >= 15 is 0 Å². The molecule has 1 fully saturated rings. The molecule has 1 aliphatic rings. The zero-order chi connectivity index (χ0) is 11.5. The predicted octanol–water partition coefficient (Wildman–Crippen LogP) is -0.0879. The molecule has 0 aromatic rings. The Morgan fingerprint density at radius 2 is 2.27 bits per heavy atom. The first-order valence-electron chi connectivity index (χ1n) is 5.08. The fourth-order valence-corrected chi connectivity index (χ4v) is 3.05. The lowest BCUT2D eigenvalue weighted by Crippen LogP contribution is -2.49. The van der Waals surface area contributed by atoms with E-state index in [4.69, 9.17) is 5.26 Å². The minimum atomic E-state index is -3.42. The maximum absolute atomic E-state index is 11.9. The molecule has 2 atom stereocenters. The van der Waals surface area contributed by atoms with Crippen LogP contribution >= 0.6 is 0 Å². The summed E-state index contributed by atoms with van der Waals surface area (Å²) in [5.41, 5.74) is 0. The standard InChI is InChI=1S/C9H17N3O2S/c1-8(6-10)15(13,14)12-5-3-4-9(7-12)11-2/h8-9,11H,3-5,7H2,1-2H3. The Hall–Kier alpha value is -0.640. The average molecular weight is 231 g/mol. The normalized spacial score (nSPS) is 25.8. The Bertz CT molecular complexity index is 347. The predicted molar refractivity (Wildman–Crippen MR) is 57.6 cm³/mol. The summed E-state index contributed by atoms with van der Waals surface area (Å²) in [4.78, 5) is 0. The molecule has 2 unspecified atom stereocenters. The maximum Gasteiger partial charge on any atom is 0.230 e. The van der Waals surface area contributed by atoms with E-state index in [1.165, 1.54) is 11.2 Å². The second-order valence-corrected chi connectivity index (χ2v) is 6.06. The van der Waals surface area contributed by atoms with Gasteiger partial charge in [0.15, 0.2) is 5.25 Å². The molecule has 0 bridgehead atoms. The fourth-order valence-electron chi connectivity index (χ4n) is 1.70. The molecule has 1 aliphatic heterocycles. The number of nitriles is 1. The van der Waals surface area contributed by atoms with Crippen molar-refractivity contribution in [2.24, 2.45) is 0 Å². The van der Waals surface area contributed by atoms with Gasteiger partial charge >= 0.3 is 0 Å². The third-order valence-electron chi connectivity index (χ3n) is 2.78. The van der Waals surface area contributed by atoms with Gasteiger partial charge in [0, 0.05) is 19.1 Å². The van der Waals surface area contributed by atoms with Crippen LogP contribution in [0.15, 0.2) is 0 Å². The maximum atomic E-state index is 11.9. The quantitative estimate of drug-likeness (QED) is 0.737. The van der Waals surface area contributed by atoms with Crippen molar-refractivity contribution in [3.05, 3.63) is 0 Å². The van der Waals surface area contributed by atoms with Gasteiger partial charge in [-0.15, -0.1) is 0 Å². The molecule has 5 nitrogen and oxygen atoms in total. The summed E-state index contributed by atoms with van der Waals surface area (Å²) in [6, 6.07) is 1.99. The third kappa shape index (κ3) is 2.68. The number of nitrogens with zero attached hydrogens (tertiary/aromatic N) is 2. The molecule has 0 amide bonds. The molecule has 1 saturated heterocycles. The van der Waals surface area contributed by atoms with Gasteiger partial charge in [-0.25, -0.2) is 8.42 Å². The molecule has 15 heavy (non-hydrogen) atoms.